The fraction of sp³-hybridized carbons (Fsp3) is 0.174. The van der Waals surface area contributed by atoms with Crippen LogP contribution in [0.25, 0.3) is 0 Å². The highest BCUT2D eigenvalue weighted by molar-refractivity contribution is 7.92. The molecular formula is C23H24N2O3S. The molecule has 0 aliphatic carbocycles. The van der Waals surface area contributed by atoms with Crippen molar-refractivity contribution in [1.29, 1.82) is 0 Å². The van der Waals surface area contributed by atoms with E-state index in [9.17, 15) is 13.2 Å². The normalized spacial score (nSPS) is 12.2. The minimum absolute atomic E-state index is 0.233. The lowest BCUT2D eigenvalue weighted by molar-refractivity contribution is 0.0943. The maximum atomic E-state index is 12.9. The average molecular weight is 409 g/mol. The second-order valence-electron chi connectivity index (χ2n) is 7.11. The highest BCUT2D eigenvalue weighted by Crippen LogP contribution is 2.25. The number of sulfonamides is 1. The van der Waals surface area contributed by atoms with E-state index in [1.54, 1.807) is 24.3 Å². The van der Waals surface area contributed by atoms with Gasteiger partial charge >= 0.3 is 0 Å². The van der Waals surface area contributed by atoms with E-state index in [0.29, 0.717) is 11.3 Å². The monoisotopic (exact) mass is 408 g/mol. The molecule has 0 aliphatic heterocycles. The maximum Gasteiger partial charge on any atom is 0.252 e. The summed E-state index contributed by atoms with van der Waals surface area (Å²) in [7, 11) is -3.36. The minimum atomic E-state index is -3.36. The van der Waals surface area contributed by atoms with Gasteiger partial charge in [0.2, 0.25) is 10.0 Å². The minimum Gasteiger partial charge on any atom is -0.341 e. The van der Waals surface area contributed by atoms with Crippen molar-refractivity contribution in [3.8, 4) is 0 Å². The second kappa shape index (κ2) is 8.49. The van der Waals surface area contributed by atoms with Crippen LogP contribution in [0.5, 0.6) is 0 Å². The standard InChI is InChI=1S/C23H24N2O3S/c1-16-9-10-20(15-17(16)2)22(18-7-5-4-6-8-18)24-23(26)19-11-13-21(14-12-19)25-29(3,27)28/h4-15,22,25H,1-3H3,(H,24,26). The molecule has 0 aromatic heterocycles. The van der Waals surface area contributed by atoms with Gasteiger partial charge in [0.25, 0.3) is 5.91 Å². The summed E-state index contributed by atoms with van der Waals surface area (Å²) in [4.78, 5) is 12.9. The number of carbonyl (C=O) groups excluding carboxylic acids is 1. The third kappa shape index (κ3) is 5.45. The number of anilines is 1. The van der Waals surface area contributed by atoms with Crippen LogP contribution in [0.2, 0.25) is 0 Å². The summed E-state index contributed by atoms with van der Waals surface area (Å²) in [6.07, 6.45) is 1.08. The van der Waals surface area contributed by atoms with E-state index in [4.69, 9.17) is 0 Å². The number of rotatable bonds is 6. The van der Waals surface area contributed by atoms with Gasteiger partial charge in [-0.25, -0.2) is 8.42 Å². The largest absolute Gasteiger partial charge is 0.341 e. The van der Waals surface area contributed by atoms with Crippen molar-refractivity contribution in [3.63, 3.8) is 0 Å². The van der Waals surface area contributed by atoms with Crippen molar-refractivity contribution >= 4 is 21.6 Å². The van der Waals surface area contributed by atoms with Crippen LogP contribution in [-0.4, -0.2) is 20.6 Å². The van der Waals surface area contributed by atoms with E-state index < -0.39 is 10.0 Å². The molecule has 2 N–H and O–H groups in total. The van der Waals surface area contributed by atoms with Crippen molar-refractivity contribution < 1.29 is 13.2 Å². The van der Waals surface area contributed by atoms with E-state index >= 15 is 0 Å². The SMILES string of the molecule is Cc1ccc(C(NC(=O)c2ccc(NS(C)(=O)=O)cc2)c2ccccc2)cc1C. The molecule has 1 unspecified atom stereocenters. The van der Waals surface area contributed by atoms with Gasteiger partial charge in [-0.3, -0.25) is 9.52 Å². The van der Waals surface area contributed by atoms with Crippen molar-refractivity contribution in [2.75, 3.05) is 11.0 Å². The molecule has 0 bridgehead atoms. The molecule has 3 rings (SSSR count). The summed E-state index contributed by atoms with van der Waals surface area (Å²) >= 11 is 0. The van der Waals surface area contributed by atoms with Gasteiger partial charge in [0, 0.05) is 11.3 Å². The molecule has 0 heterocycles. The van der Waals surface area contributed by atoms with E-state index in [-0.39, 0.29) is 11.9 Å². The lowest BCUT2D eigenvalue weighted by Gasteiger charge is -2.21. The molecule has 0 radical (unpaired) electrons. The quantitative estimate of drug-likeness (QED) is 0.642. The average Bonchev–Trinajstić information content (AvgIpc) is 2.68. The van der Waals surface area contributed by atoms with Crippen LogP contribution in [-0.2, 0) is 10.0 Å². The van der Waals surface area contributed by atoms with Crippen LogP contribution in [0.15, 0.2) is 72.8 Å². The number of aryl methyl sites for hydroxylation is 2. The number of hydrogen-bond acceptors (Lipinski definition) is 3. The van der Waals surface area contributed by atoms with Crippen molar-refractivity contribution in [2.24, 2.45) is 0 Å². The van der Waals surface area contributed by atoms with E-state index in [1.807, 2.05) is 36.4 Å². The van der Waals surface area contributed by atoms with Crippen LogP contribution in [0.3, 0.4) is 0 Å². The molecule has 0 saturated heterocycles. The van der Waals surface area contributed by atoms with Gasteiger partial charge in [-0.05, 0) is 60.4 Å². The van der Waals surface area contributed by atoms with E-state index in [1.165, 1.54) is 5.56 Å². The topological polar surface area (TPSA) is 75.3 Å². The van der Waals surface area contributed by atoms with E-state index in [2.05, 4.69) is 36.0 Å². The van der Waals surface area contributed by atoms with Crippen molar-refractivity contribution in [1.82, 2.24) is 5.32 Å². The Kier molecular flexibility index (Phi) is 6.03. The summed E-state index contributed by atoms with van der Waals surface area (Å²) < 4.78 is 25.1. The predicted molar refractivity (Wildman–Crippen MR) is 117 cm³/mol. The van der Waals surface area contributed by atoms with Crippen LogP contribution in [0, 0.1) is 13.8 Å². The van der Waals surface area contributed by atoms with Crippen LogP contribution in [0.1, 0.15) is 38.7 Å². The highest BCUT2D eigenvalue weighted by atomic mass is 32.2. The Labute approximate surface area is 171 Å². The molecule has 0 aliphatic rings. The Hall–Kier alpha value is -3.12. The zero-order chi connectivity index (χ0) is 21.0. The zero-order valence-electron chi connectivity index (χ0n) is 16.6. The Morgan fingerprint density at radius 3 is 2.07 bits per heavy atom. The molecule has 6 heteroatoms. The van der Waals surface area contributed by atoms with Crippen LogP contribution >= 0.6 is 0 Å². The number of amides is 1. The molecule has 3 aromatic rings. The first-order chi connectivity index (χ1) is 13.7. The predicted octanol–water partition coefficient (Wildman–Crippen LogP) is 4.19. The van der Waals surface area contributed by atoms with Crippen LogP contribution < -0.4 is 10.0 Å². The third-order valence-corrected chi connectivity index (χ3v) is 5.33. The molecule has 3 aromatic carbocycles. The van der Waals surface area contributed by atoms with E-state index in [0.717, 1.165) is 22.9 Å². The first-order valence-corrected chi connectivity index (χ1v) is 11.1. The second-order valence-corrected chi connectivity index (χ2v) is 8.86. The van der Waals surface area contributed by atoms with Gasteiger partial charge in [0.05, 0.1) is 12.3 Å². The number of nitrogens with one attached hydrogen (secondary N) is 2. The molecule has 5 nitrogen and oxygen atoms in total. The lowest BCUT2D eigenvalue weighted by atomic mass is 9.95. The molecule has 0 spiro atoms. The molecule has 150 valence electrons. The summed E-state index contributed by atoms with van der Waals surface area (Å²) in [5, 5.41) is 3.10. The Bertz CT molecular complexity index is 1110. The molecule has 0 fully saturated rings. The molecular weight excluding hydrogens is 384 g/mol. The zero-order valence-corrected chi connectivity index (χ0v) is 17.5. The summed E-state index contributed by atoms with van der Waals surface area (Å²) in [6.45, 7) is 4.11. The fourth-order valence-electron chi connectivity index (χ4n) is 3.07. The Balaban J connectivity index is 1.87. The van der Waals surface area contributed by atoms with Gasteiger partial charge in [-0.15, -0.1) is 0 Å². The third-order valence-electron chi connectivity index (χ3n) is 4.72. The van der Waals surface area contributed by atoms with Gasteiger partial charge < -0.3 is 5.32 Å². The fourth-order valence-corrected chi connectivity index (χ4v) is 3.63. The van der Waals surface area contributed by atoms with Gasteiger partial charge in [0.15, 0.2) is 0 Å². The van der Waals surface area contributed by atoms with Crippen molar-refractivity contribution in [2.45, 2.75) is 19.9 Å². The van der Waals surface area contributed by atoms with Gasteiger partial charge in [-0.2, -0.15) is 0 Å². The lowest BCUT2D eigenvalue weighted by Crippen LogP contribution is -2.29. The highest BCUT2D eigenvalue weighted by Gasteiger charge is 2.18. The van der Waals surface area contributed by atoms with Crippen LogP contribution in [0.4, 0.5) is 5.69 Å². The van der Waals surface area contributed by atoms with Gasteiger partial charge in [-0.1, -0.05) is 48.5 Å². The maximum absolute atomic E-state index is 12.9. The smallest absolute Gasteiger partial charge is 0.252 e. The Morgan fingerprint density at radius 1 is 0.828 bits per heavy atom. The number of hydrogen-bond donors (Lipinski definition) is 2. The summed E-state index contributed by atoms with van der Waals surface area (Å²) in [6, 6.07) is 22.0. The first-order valence-electron chi connectivity index (χ1n) is 9.24. The summed E-state index contributed by atoms with van der Waals surface area (Å²) in [5.41, 5.74) is 5.21. The molecule has 1 atom stereocenters. The van der Waals surface area contributed by atoms with Crippen molar-refractivity contribution in [3.05, 3.63) is 101 Å². The molecule has 1 amide bonds. The molecule has 29 heavy (non-hydrogen) atoms. The molecule has 0 saturated carbocycles. The number of carbonyl (C=O) groups is 1. The Morgan fingerprint density at radius 2 is 1.48 bits per heavy atom. The summed E-state index contributed by atoms with van der Waals surface area (Å²) in [5.74, 6) is -0.233. The first kappa shape index (κ1) is 20.6. The van der Waals surface area contributed by atoms with Gasteiger partial charge in [0.1, 0.15) is 0 Å². The number of benzene rings is 3.